The molecule has 0 unspecified atom stereocenters. The van der Waals surface area contributed by atoms with Crippen molar-refractivity contribution in [1.29, 1.82) is 0 Å². The van der Waals surface area contributed by atoms with Crippen LogP contribution in [0.3, 0.4) is 0 Å². The Hall–Kier alpha value is -2.00. The van der Waals surface area contributed by atoms with Crippen LogP contribution in [0.4, 0.5) is 4.39 Å². The van der Waals surface area contributed by atoms with Crippen molar-refractivity contribution in [3.63, 3.8) is 0 Å². The Morgan fingerprint density at radius 1 is 0.895 bits per heavy atom. The first-order valence-electron chi connectivity index (χ1n) is 6.01. The molecule has 1 aromatic heterocycles. The van der Waals surface area contributed by atoms with Crippen molar-refractivity contribution in [3.05, 3.63) is 66.1 Å². The van der Waals surface area contributed by atoms with E-state index < -0.39 is 0 Å². The van der Waals surface area contributed by atoms with Gasteiger partial charge >= 0.3 is 0 Å². The zero-order chi connectivity index (χ0) is 13.2. The minimum atomic E-state index is -0.223. The second-order valence-electron chi connectivity index (χ2n) is 4.40. The molecular formula is C16H12FNS. The van der Waals surface area contributed by atoms with E-state index in [0.29, 0.717) is 0 Å². The average Bonchev–Trinajstić information content (AvgIpc) is 2.90. The van der Waals surface area contributed by atoms with Crippen LogP contribution in [0.15, 0.2) is 54.7 Å². The van der Waals surface area contributed by atoms with Crippen molar-refractivity contribution >= 4 is 11.3 Å². The van der Waals surface area contributed by atoms with E-state index in [9.17, 15) is 4.39 Å². The van der Waals surface area contributed by atoms with Crippen LogP contribution in [0.5, 0.6) is 0 Å². The van der Waals surface area contributed by atoms with E-state index in [-0.39, 0.29) is 5.82 Å². The highest BCUT2D eigenvalue weighted by Crippen LogP contribution is 2.32. The normalized spacial score (nSPS) is 10.6. The first-order chi connectivity index (χ1) is 9.22. The molecule has 0 aliphatic heterocycles. The summed E-state index contributed by atoms with van der Waals surface area (Å²) in [5.41, 5.74) is 3.35. The summed E-state index contributed by atoms with van der Waals surface area (Å²) < 4.78 is 12.9. The van der Waals surface area contributed by atoms with Gasteiger partial charge in [0.05, 0.1) is 4.88 Å². The summed E-state index contributed by atoms with van der Waals surface area (Å²) in [6.45, 7) is 2.07. The third kappa shape index (κ3) is 2.56. The van der Waals surface area contributed by atoms with Crippen LogP contribution < -0.4 is 0 Å². The number of halogens is 1. The molecule has 0 saturated carbocycles. The van der Waals surface area contributed by atoms with E-state index in [4.69, 9.17) is 0 Å². The Kier molecular flexibility index (Phi) is 3.13. The fourth-order valence-electron chi connectivity index (χ4n) is 1.85. The van der Waals surface area contributed by atoms with Crippen LogP contribution in [0.2, 0.25) is 0 Å². The van der Waals surface area contributed by atoms with Crippen LogP contribution in [-0.4, -0.2) is 4.98 Å². The quantitative estimate of drug-likeness (QED) is 0.643. The molecule has 3 heteroatoms. The summed E-state index contributed by atoms with van der Waals surface area (Å²) in [6, 6.07) is 14.8. The van der Waals surface area contributed by atoms with E-state index in [0.717, 1.165) is 21.0 Å². The molecule has 0 bridgehead atoms. The molecular weight excluding hydrogens is 257 g/mol. The molecule has 94 valence electrons. The lowest BCUT2D eigenvalue weighted by Gasteiger charge is -1.97. The fourth-order valence-corrected chi connectivity index (χ4v) is 2.78. The molecule has 0 amide bonds. The molecule has 0 spiro atoms. The van der Waals surface area contributed by atoms with Gasteiger partial charge in [-0.2, -0.15) is 0 Å². The van der Waals surface area contributed by atoms with Gasteiger partial charge in [0.25, 0.3) is 0 Å². The van der Waals surface area contributed by atoms with Crippen LogP contribution in [0.25, 0.3) is 21.0 Å². The smallest absolute Gasteiger partial charge is 0.123 e. The third-order valence-corrected chi connectivity index (χ3v) is 4.03. The number of nitrogens with zero attached hydrogens (tertiary/aromatic N) is 1. The van der Waals surface area contributed by atoms with Gasteiger partial charge in [-0.15, -0.1) is 11.3 Å². The lowest BCUT2D eigenvalue weighted by Crippen LogP contribution is -1.76. The highest BCUT2D eigenvalue weighted by molar-refractivity contribution is 7.18. The molecule has 0 aliphatic rings. The average molecular weight is 269 g/mol. The molecule has 0 saturated heterocycles. The van der Waals surface area contributed by atoms with Crippen LogP contribution in [0, 0.1) is 12.7 Å². The predicted molar refractivity (Wildman–Crippen MR) is 77.7 cm³/mol. The second-order valence-corrected chi connectivity index (χ2v) is 5.43. The zero-order valence-corrected chi connectivity index (χ0v) is 11.2. The van der Waals surface area contributed by atoms with Gasteiger partial charge in [0.15, 0.2) is 0 Å². The molecule has 0 atom stereocenters. The summed E-state index contributed by atoms with van der Waals surface area (Å²) in [5.74, 6) is -0.223. The summed E-state index contributed by atoms with van der Waals surface area (Å²) >= 11 is 1.62. The number of benzene rings is 2. The molecule has 0 N–H and O–H groups in total. The summed E-state index contributed by atoms with van der Waals surface area (Å²) in [4.78, 5) is 5.54. The van der Waals surface area contributed by atoms with E-state index in [1.807, 2.05) is 6.20 Å². The van der Waals surface area contributed by atoms with E-state index in [1.54, 1.807) is 23.5 Å². The lowest BCUT2D eigenvalue weighted by atomic mass is 10.1. The Labute approximate surface area is 115 Å². The maximum atomic E-state index is 12.9. The van der Waals surface area contributed by atoms with Crippen LogP contribution >= 0.6 is 11.3 Å². The van der Waals surface area contributed by atoms with Crippen molar-refractivity contribution in [1.82, 2.24) is 4.98 Å². The number of aryl methyl sites for hydroxylation is 1. The molecule has 3 aromatic rings. The number of thiazole rings is 1. The van der Waals surface area contributed by atoms with Crippen molar-refractivity contribution < 1.29 is 4.39 Å². The van der Waals surface area contributed by atoms with Gasteiger partial charge in [0, 0.05) is 11.8 Å². The van der Waals surface area contributed by atoms with Gasteiger partial charge in [-0.25, -0.2) is 9.37 Å². The highest BCUT2D eigenvalue weighted by Gasteiger charge is 2.06. The van der Waals surface area contributed by atoms with Crippen molar-refractivity contribution in [2.75, 3.05) is 0 Å². The SMILES string of the molecule is Cc1ccc(-c2cnc(-c3ccc(F)cc3)s2)cc1. The fraction of sp³-hybridized carbons (Fsp3) is 0.0625. The molecule has 1 nitrogen and oxygen atoms in total. The summed E-state index contributed by atoms with van der Waals surface area (Å²) in [5, 5.41) is 0.913. The minimum absolute atomic E-state index is 0.223. The van der Waals surface area contributed by atoms with E-state index >= 15 is 0 Å². The highest BCUT2D eigenvalue weighted by atomic mass is 32.1. The topological polar surface area (TPSA) is 12.9 Å². The molecule has 0 radical (unpaired) electrons. The first kappa shape index (κ1) is 12.1. The number of aromatic nitrogens is 1. The molecule has 19 heavy (non-hydrogen) atoms. The van der Waals surface area contributed by atoms with Gasteiger partial charge in [-0.05, 0) is 36.8 Å². The first-order valence-corrected chi connectivity index (χ1v) is 6.83. The summed E-state index contributed by atoms with van der Waals surface area (Å²) in [7, 11) is 0. The Morgan fingerprint density at radius 2 is 1.53 bits per heavy atom. The van der Waals surface area contributed by atoms with Gasteiger partial charge in [-0.1, -0.05) is 29.8 Å². The van der Waals surface area contributed by atoms with Gasteiger partial charge < -0.3 is 0 Å². The van der Waals surface area contributed by atoms with E-state index in [2.05, 4.69) is 36.2 Å². The number of hydrogen-bond donors (Lipinski definition) is 0. The molecule has 0 aliphatic carbocycles. The number of hydrogen-bond acceptors (Lipinski definition) is 2. The lowest BCUT2D eigenvalue weighted by molar-refractivity contribution is 0.628. The molecule has 0 fully saturated rings. The van der Waals surface area contributed by atoms with Crippen LogP contribution in [-0.2, 0) is 0 Å². The largest absolute Gasteiger partial charge is 0.244 e. The maximum Gasteiger partial charge on any atom is 0.123 e. The molecule has 3 rings (SSSR count). The van der Waals surface area contributed by atoms with E-state index in [1.165, 1.54) is 17.7 Å². The van der Waals surface area contributed by atoms with Gasteiger partial charge in [0.2, 0.25) is 0 Å². The number of rotatable bonds is 2. The molecule has 2 aromatic carbocycles. The Balaban J connectivity index is 1.95. The van der Waals surface area contributed by atoms with Crippen molar-refractivity contribution in [3.8, 4) is 21.0 Å². The van der Waals surface area contributed by atoms with Crippen molar-refractivity contribution in [2.45, 2.75) is 6.92 Å². The minimum Gasteiger partial charge on any atom is -0.244 e. The Morgan fingerprint density at radius 3 is 2.21 bits per heavy atom. The zero-order valence-electron chi connectivity index (χ0n) is 10.4. The third-order valence-electron chi connectivity index (χ3n) is 2.93. The predicted octanol–water partition coefficient (Wildman–Crippen LogP) is 4.92. The van der Waals surface area contributed by atoms with Crippen molar-refractivity contribution in [2.24, 2.45) is 0 Å². The maximum absolute atomic E-state index is 12.9. The second kappa shape index (κ2) is 4.94. The Bertz CT molecular complexity index is 624. The summed E-state index contributed by atoms with van der Waals surface area (Å²) in [6.07, 6.45) is 1.87. The van der Waals surface area contributed by atoms with Gasteiger partial charge in [-0.3, -0.25) is 0 Å². The van der Waals surface area contributed by atoms with Gasteiger partial charge in [0.1, 0.15) is 10.8 Å². The van der Waals surface area contributed by atoms with Crippen LogP contribution in [0.1, 0.15) is 5.56 Å². The monoisotopic (exact) mass is 269 g/mol. The standard InChI is InChI=1S/C16H12FNS/c1-11-2-4-12(5-3-11)15-10-18-16(19-15)13-6-8-14(17)9-7-13/h2-10H,1H3. The molecule has 1 heterocycles.